The molecular formula is C11H22N4O3. The minimum absolute atomic E-state index is 0.0935. The number of carbonyl (C=O) groups is 2. The molecular weight excluding hydrogens is 236 g/mol. The van der Waals surface area contributed by atoms with Crippen molar-refractivity contribution in [2.24, 2.45) is 0 Å². The highest BCUT2D eigenvalue weighted by Gasteiger charge is 2.19. The van der Waals surface area contributed by atoms with Gasteiger partial charge in [-0.1, -0.05) is 0 Å². The van der Waals surface area contributed by atoms with E-state index in [1.807, 2.05) is 0 Å². The number of amides is 3. The van der Waals surface area contributed by atoms with Crippen molar-refractivity contribution in [2.75, 3.05) is 52.4 Å². The first-order valence-electron chi connectivity index (χ1n) is 6.24. The smallest absolute Gasteiger partial charge is 0.317 e. The molecule has 1 rings (SSSR count). The summed E-state index contributed by atoms with van der Waals surface area (Å²) in [5, 5.41) is 14.2. The molecule has 0 saturated carbocycles. The first-order valence-corrected chi connectivity index (χ1v) is 6.24. The van der Waals surface area contributed by atoms with Gasteiger partial charge in [0, 0.05) is 52.7 Å². The summed E-state index contributed by atoms with van der Waals surface area (Å²) in [6.07, 6.45) is 0. The Morgan fingerprint density at radius 2 is 1.72 bits per heavy atom. The Labute approximate surface area is 107 Å². The third-order valence-electron chi connectivity index (χ3n) is 2.85. The highest BCUT2D eigenvalue weighted by molar-refractivity contribution is 5.75. The van der Waals surface area contributed by atoms with Gasteiger partial charge in [-0.05, 0) is 0 Å². The first-order chi connectivity index (χ1) is 8.63. The van der Waals surface area contributed by atoms with Crippen molar-refractivity contribution >= 4 is 11.9 Å². The van der Waals surface area contributed by atoms with E-state index in [1.54, 1.807) is 4.90 Å². The Hall–Kier alpha value is -1.34. The number of carbonyl (C=O) groups excluding carboxylic acids is 2. The van der Waals surface area contributed by atoms with E-state index in [-0.39, 0.29) is 18.5 Å². The van der Waals surface area contributed by atoms with Gasteiger partial charge in [-0.25, -0.2) is 4.79 Å². The van der Waals surface area contributed by atoms with Crippen LogP contribution in [0.5, 0.6) is 0 Å². The lowest BCUT2D eigenvalue weighted by atomic mass is 10.3. The van der Waals surface area contributed by atoms with Crippen molar-refractivity contribution in [1.29, 1.82) is 0 Å². The van der Waals surface area contributed by atoms with Gasteiger partial charge in [0.25, 0.3) is 0 Å². The van der Waals surface area contributed by atoms with Crippen LogP contribution in [-0.4, -0.2) is 79.3 Å². The SMILES string of the molecule is CC(=O)NCCNC(=O)N1CCN(CCO)CC1. The van der Waals surface area contributed by atoms with E-state index >= 15 is 0 Å². The molecule has 0 aromatic rings. The van der Waals surface area contributed by atoms with Gasteiger partial charge in [-0.15, -0.1) is 0 Å². The highest BCUT2D eigenvalue weighted by Crippen LogP contribution is 2.00. The molecule has 0 aliphatic carbocycles. The van der Waals surface area contributed by atoms with Gasteiger partial charge in [0.1, 0.15) is 0 Å². The average molecular weight is 258 g/mol. The molecule has 1 saturated heterocycles. The second-order valence-electron chi connectivity index (χ2n) is 4.27. The van der Waals surface area contributed by atoms with Gasteiger partial charge in [0.05, 0.1) is 6.61 Å². The summed E-state index contributed by atoms with van der Waals surface area (Å²) in [7, 11) is 0. The molecule has 0 aromatic heterocycles. The molecule has 3 N–H and O–H groups in total. The van der Waals surface area contributed by atoms with Crippen LogP contribution < -0.4 is 10.6 Å². The first kappa shape index (κ1) is 14.7. The third kappa shape index (κ3) is 5.33. The van der Waals surface area contributed by atoms with E-state index in [0.717, 1.165) is 13.1 Å². The molecule has 1 fully saturated rings. The van der Waals surface area contributed by atoms with Crippen LogP contribution in [0, 0.1) is 0 Å². The third-order valence-corrected chi connectivity index (χ3v) is 2.85. The minimum Gasteiger partial charge on any atom is -0.395 e. The molecule has 1 heterocycles. The molecule has 3 amide bonds. The maximum atomic E-state index is 11.7. The van der Waals surface area contributed by atoms with E-state index in [9.17, 15) is 9.59 Å². The zero-order valence-electron chi connectivity index (χ0n) is 10.8. The normalized spacial score (nSPS) is 16.4. The summed E-state index contributed by atoms with van der Waals surface area (Å²) >= 11 is 0. The van der Waals surface area contributed by atoms with Crippen molar-refractivity contribution in [3.8, 4) is 0 Å². The van der Waals surface area contributed by atoms with E-state index in [1.165, 1.54) is 6.92 Å². The number of urea groups is 1. The number of aliphatic hydroxyl groups is 1. The van der Waals surface area contributed by atoms with Gasteiger partial charge < -0.3 is 20.6 Å². The number of nitrogens with one attached hydrogen (secondary N) is 2. The Morgan fingerprint density at radius 1 is 1.11 bits per heavy atom. The number of rotatable bonds is 5. The van der Waals surface area contributed by atoms with Crippen LogP contribution in [-0.2, 0) is 4.79 Å². The molecule has 0 unspecified atom stereocenters. The molecule has 0 atom stereocenters. The van der Waals surface area contributed by atoms with Crippen LogP contribution in [0.1, 0.15) is 6.92 Å². The van der Waals surface area contributed by atoms with Crippen molar-refractivity contribution in [3.05, 3.63) is 0 Å². The average Bonchev–Trinajstić information content (AvgIpc) is 2.35. The lowest BCUT2D eigenvalue weighted by Gasteiger charge is -2.34. The quantitative estimate of drug-likeness (QED) is 0.521. The fourth-order valence-electron chi connectivity index (χ4n) is 1.84. The van der Waals surface area contributed by atoms with Crippen molar-refractivity contribution in [2.45, 2.75) is 6.92 Å². The fraction of sp³-hybridized carbons (Fsp3) is 0.818. The second kappa shape index (κ2) is 7.88. The Morgan fingerprint density at radius 3 is 2.28 bits per heavy atom. The zero-order valence-corrected chi connectivity index (χ0v) is 10.8. The summed E-state index contributed by atoms with van der Waals surface area (Å²) < 4.78 is 0. The van der Waals surface area contributed by atoms with Crippen LogP contribution in [0.3, 0.4) is 0 Å². The molecule has 0 radical (unpaired) electrons. The van der Waals surface area contributed by atoms with E-state index in [0.29, 0.717) is 32.7 Å². The summed E-state index contributed by atoms with van der Waals surface area (Å²) in [5.41, 5.74) is 0. The Kier molecular flexibility index (Phi) is 6.45. The summed E-state index contributed by atoms with van der Waals surface area (Å²) in [5.74, 6) is -0.0955. The number of hydrogen-bond donors (Lipinski definition) is 3. The minimum atomic E-state index is -0.0955. The lowest BCUT2D eigenvalue weighted by molar-refractivity contribution is -0.118. The molecule has 7 heteroatoms. The number of piperazine rings is 1. The van der Waals surface area contributed by atoms with Crippen LogP contribution in [0.4, 0.5) is 4.79 Å². The van der Waals surface area contributed by atoms with E-state index in [2.05, 4.69) is 15.5 Å². The number of aliphatic hydroxyl groups excluding tert-OH is 1. The van der Waals surface area contributed by atoms with Gasteiger partial charge in [0.2, 0.25) is 5.91 Å². The van der Waals surface area contributed by atoms with Gasteiger partial charge in [0.15, 0.2) is 0 Å². The molecule has 18 heavy (non-hydrogen) atoms. The number of hydrogen-bond acceptors (Lipinski definition) is 4. The molecule has 0 spiro atoms. The fourth-order valence-corrected chi connectivity index (χ4v) is 1.84. The Balaban J connectivity index is 2.14. The summed E-state index contributed by atoms with van der Waals surface area (Å²) in [6, 6.07) is -0.0935. The molecule has 0 bridgehead atoms. The van der Waals surface area contributed by atoms with Crippen molar-refractivity contribution in [3.63, 3.8) is 0 Å². The van der Waals surface area contributed by atoms with E-state index in [4.69, 9.17) is 5.11 Å². The largest absolute Gasteiger partial charge is 0.395 e. The summed E-state index contributed by atoms with van der Waals surface area (Å²) in [4.78, 5) is 26.2. The maximum absolute atomic E-state index is 11.7. The number of nitrogens with zero attached hydrogens (tertiary/aromatic N) is 2. The molecule has 104 valence electrons. The van der Waals surface area contributed by atoms with Crippen LogP contribution in [0.15, 0.2) is 0 Å². The van der Waals surface area contributed by atoms with Gasteiger partial charge in [-0.2, -0.15) is 0 Å². The van der Waals surface area contributed by atoms with Crippen molar-refractivity contribution in [1.82, 2.24) is 20.4 Å². The number of β-amino-alcohol motifs (C(OH)–C–C–N with tert-alkyl or cyclic N) is 1. The van der Waals surface area contributed by atoms with Crippen LogP contribution in [0.2, 0.25) is 0 Å². The van der Waals surface area contributed by atoms with Crippen LogP contribution in [0.25, 0.3) is 0 Å². The lowest BCUT2D eigenvalue weighted by Crippen LogP contribution is -2.52. The van der Waals surface area contributed by atoms with Gasteiger partial charge >= 0.3 is 6.03 Å². The Bertz CT molecular complexity index is 277. The highest BCUT2D eigenvalue weighted by atomic mass is 16.3. The van der Waals surface area contributed by atoms with Crippen molar-refractivity contribution < 1.29 is 14.7 Å². The molecule has 7 nitrogen and oxygen atoms in total. The monoisotopic (exact) mass is 258 g/mol. The predicted molar refractivity (Wildman–Crippen MR) is 67.2 cm³/mol. The van der Waals surface area contributed by atoms with Gasteiger partial charge in [-0.3, -0.25) is 9.69 Å². The predicted octanol–water partition coefficient (Wildman–Crippen LogP) is -1.56. The second-order valence-corrected chi connectivity index (χ2v) is 4.27. The molecule has 0 aromatic carbocycles. The molecule has 1 aliphatic rings. The maximum Gasteiger partial charge on any atom is 0.317 e. The zero-order chi connectivity index (χ0) is 13.4. The molecule has 1 aliphatic heterocycles. The summed E-state index contributed by atoms with van der Waals surface area (Å²) in [6.45, 7) is 6.08. The van der Waals surface area contributed by atoms with E-state index < -0.39 is 0 Å². The topological polar surface area (TPSA) is 84.9 Å². The standard InChI is InChI=1S/C11H22N4O3/c1-10(17)12-2-3-13-11(18)15-6-4-14(5-7-15)8-9-16/h16H,2-9H2,1H3,(H,12,17)(H,13,18). The van der Waals surface area contributed by atoms with Crippen LogP contribution >= 0.6 is 0 Å².